The maximum absolute atomic E-state index is 12.0. The summed E-state index contributed by atoms with van der Waals surface area (Å²) in [5.41, 5.74) is 3.75. The third kappa shape index (κ3) is 2.21. The first-order chi connectivity index (χ1) is 8.52. The molecule has 0 aliphatic carbocycles. The molecular formula is C15H16ClNO. The van der Waals surface area contributed by atoms with Crippen molar-refractivity contribution in [3.63, 3.8) is 0 Å². The first-order valence-corrected chi connectivity index (χ1v) is 6.38. The lowest BCUT2D eigenvalue weighted by Crippen LogP contribution is -2.11. The minimum absolute atomic E-state index is 0.0213. The maximum atomic E-state index is 12.0. The molecule has 0 amide bonds. The van der Waals surface area contributed by atoms with Crippen LogP contribution in [0, 0.1) is 13.8 Å². The Kier molecular flexibility index (Phi) is 3.58. The Morgan fingerprint density at radius 1 is 1.22 bits per heavy atom. The minimum Gasteiger partial charge on any atom is -0.318 e. The van der Waals surface area contributed by atoms with E-state index in [0.717, 1.165) is 17.1 Å². The zero-order valence-corrected chi connectivity index (χ0v) is 11.5. The Hall–Kier alpha value is -1.54. The van der Waals surface area contributed by atoms with Crippen LogP contribution in [0.1, 0.15) is 28.7 Å². The van der Waals surface area contributed by atoms with E-state index in [1.807, 2.05) is 50.2 Å². The van der Waals surface area contributed by atoms with Gasteiger partial charge >= 0.3 is 0 Å². The van der Waals surface area contributed by atoms with E-state index in [0.29, 0.717) is 5.56 Å². The zero-order valence-electron chi connectivity index (χ0n) is 10.8. The van der Waals surface area contributed by atoms with Gasteiger partial charge in [-0.05, 0) is 39.0 Å². The Labute approximate surface area is 112 Å². The molecule has 2 rings (SSSR count). The topological polar surface area (TPSA) is 22.0 Å². The summed E-state index contributed by atoms with van der Waals surface area (Å²) in [5, 5.41) is -0.491. The van der Waals surface area contributed by atoms with Gasteiger partial charge in [0.2, 0.25) is 0 Å². The lowest BCUT2D eigenvalue weighted by Gasteiger charge is -2.09. The Balaban J connectivity index is 2.55. The molecule has 0 saturated heterocycles. The number of Topliss-reactive ketones (excluding diaryl/α,β-unsaturated/α-hetero) is 1. The van der Waals surface area contributed by atoms with Crippen molar-refractivity contribution in [2.75, 3.05) is 0 Å². The van der Waals surface area contributed by atoms with Crippen LogP contribution in [-0.2, 0) is 0 Å². The van der Waals surface area contributed by atoms with E-state index in [9.17, 15) is 4.79 Å². The fraction of sp³-hybridized carbons (Fsp3) is 0.267. The monoisotopic (exact) mass is 261 g/mol. The van der Waals surface area contributed by atoms with Crippen LogP contribution in [0.4, 0.5) is 0 Å². The van der Waals surface area contributed by atoms with Gasteiger partial charge in [0.1, 0.15) is 0 Å². The molecule has 0 aliphatic heterocycles. The molecular weight excluding hydrogens is 246 g/mol. The van der Waals surface area contributed by atoms with Crippen molar-refractivity contribution >= 4 is 17.4 Å². The molecule has 2 aromatic rings. The van der Waals surface area contributed by atoms with Crippen molar-refractivity contribution in [2.45, 2.75) is 26.1 Å². The predicted octanol–water partition coefficient (Wildman–Crippen LogP) is 3.90. The van der Waals surface area contributed by atoms with Crippen molar-refractivity contribution in [3.8, 4) is 5.69 Å². The molecule has 0 fully saturated rings. The summed E-state index contributed by atoms with van der Waals surface area (Å²) >= 11 is 5.88. The highest BCUT2D eigenvalue weighted by Gasteiger charge is 2.19. The molecule has 0 spiro atoms. The molecule has 1 atom stereocenters. The molecule has 18 heavy (non-hydrogen) atoms. The second kappa shape index (κ2) is 4.99. The molecule has 0 unspecified atom stereocenters. The van der Waals surface area contributed by atoms with Crippen LogP contribution in [0.3, 0.4) is 0 Å². The van der Waals surface area contributed by atoms with Gasteiger partial charge < -0.3 is 4.57 Å². The zero-order chi connectivity index (χ0) is 13.3. The van der Waals surface area contributed by atoms with E-state index >= 15 is 0 Å². The van der Waals surface area contributed by atoms with Gasteiger partial charge in [0.05, 0.1) is 5.38 Å². The van der Waals surface area contributed by atoms with E-state index in [1.54, 1.807) is 6.92 Å². The van der Waals surface area contributed by atoms with E-state index in [1.165, 1.54) is 0 Å². The number of rotatable bonds is 3. The SMILES string of the molecule is Cc1cc(C(=O)[C@@H](C)Cl)c(C)n1-c1ccccc1. The summed E-state index contributed by atoms with van der Waals surface area (Å²) in [6.07, 6.45) is 0. The fourth-order valence-electron chi connectivity index (χ4n) is 2.20. The standard InChI is InChI=1S/C15H16ClNO/c1-10-9-14(15(18)11(2)16)12(3)17(10)13-7-5-4-6-8-13/h4-9,11H,1-3H3/t11-/m1/s1. The summed E-state index contributed by atoms with van der Waals surface area (Å²) in [6, 6.07) is 11.9. The minimum atomic E-state index is -0.491. The number of nitrogens with zero attached hydrogens (tertiary/aromatic N) is 1. The molecule has 0 aliphatic rings. The molecule has 0 bridgehead atoms. The van der Waals surface area contributed by atoms with Crippen molar-refractivity contribution < 1.29 is 4.79 Å². The van der Waals surface area contributed by atoms with Gasteiger partial charge in [-0.2, -0.15) is 0 Å². The summed E-state index contributed by atoms with van der Waals surface area (Å²) in [5.74, 6) is -0.0213. The van der Waals surface area contributed by atoms with Crippen molar-refractivity contribution in [1.29, 1.82) is 0 Å². The second-order valence-electron chi connectivity index (χ2n) is 4.44. The van der Waals surface area contributed by atoms with E-state index in [4.69, 9.17) is 11.6 Å². The van der Waals surface area contributed by atoms with Gasteiger partial charge in [0, 0.05) is 22.6 Å². The number of alkyl halides is 1. The first kappa shape index (κ1) is 12.9. The largest absolute Gasteiger partial charge is 0.318 e. The fourth-order valence-corrected chi connectivity index (χ4v) is 2.32. The molecule has 2 nitrogen and oxygen atoms in total. The van der Waals surface area contributed by atoms with Gasteiger partial charge in [-0.3, -0.25) is 4.79 Å². The van der Waals surface area contributed by atoms with Crippen LogP contribution in [0.15, 0.2) is 36.4 Å². The molecule has 3 heteroatoms. The quantitative estimate of drug-likeness (QED) is 0.607. The highest BCUT2D eigenvalue weighted by Crippen LogP contribution is 2.22. The molecule has 0 N–H and O–H groups in total. The number of aromatic nitrogens is 1. The molecule has 94 valence electrons. The summed E-state index contributed by atoms with van der Waals surface area (Å²) in [4.78, 5) is 12.0. The number of carbonyl (C=O) groups excluding carboxylic acids is 1. The normalized spacial score (nSPS) is 12.4. The van der Waals surface area contributed by atoms with Crippen LogP contribution in [-0.4, -0.2) is 15.7 Å². The summed E-state index contributed by atoms with van der Waals surface area (Å²) in [7, 11) is 0. The molecule has 0 saturated carbocycles. The number of hydrogen-bond acceptors (Lipinski definition) is 1. The van der Waals surface area contributed by atoms with Gasteiger partial charge in [0.25, 0.3) is 0 Å². The van der Waals surface area contributed by atoms with Gasteiger partial charge in [-0.25, -0.2) is 0 Å². The van der Waals surface area contributed by atoms with Crippen LogP contribution in [0.5, 0.6) is 0 Å². The number of hydrogen-bond donors (Lipinski definition) is 0. The van der Waals surface area contributed by atoms with Crippen LogP contribution < -0.4 is 0 Å². The Morgan fingerprint density at radius 2 is 1.83 bits per heavy atom. The lowest BCUT2D eigenvalue weighted by atomic mass is 10.1. The third-order valence-corrected chi connectivity index (χ3v) is 3.27. The van der Waals surface area contributed by atoms with Crippen LogP contribution in [0.25, 0.3) is 5.69 Å². The van der Waals surface area contributed by atoms with Gasteiger partial charge in [-0.15, -0.1) is 11.6 Å². The van der Waals surface area contributed by atoms with Crippen LogP contribution in [0.2, 0.25) is 0 Å². The predicted molar refractivity (Wildman–Crippen MR) is 74.9 cm³/mol. The molecule has 1 heterocycles. The Morgan fingerprint density at radius 3 is 2.39 bits per heavy atom. The number of aryl methyl sites for hydroxylation is 1. The Bertz CT molecular complexity index is 570. The number of carbonyl (C=O) groups is 1. The smallest absolute Gasteiger partial charge is 0.182 e. The number of para-hydroxylation sites is 1. The number of halogens is 1. The van der Waals surface area contributed by atoms with Gasteiger partial charge in [0.15, 0.2) is 5.78 Å². The van der Waals surface area contributed by atoms with Crippen molar-refractivity contribution in [2.24, 2.45) is 0 Å². The highest BCUT2D eigenvalue weighted by molar-refractivity contribution is 6.33. The van der Waals surface area contributed by atoms with E-state index < -0.39 is 5.38 Å². The molecule has 0 radical (unpaired) electrons. The summed E-state index contributed by atoms with van der Waals surface area (Å²) in [6.45, 7) is 5.65. The maximum Gasteiger partial charge on any atom is 0.182 e. The molecule has 1 aromatic carbocycles. The highest BCUT2D eigenvalue weighted by atomic mass is 35.5. The average Bonchev–Trinajstić information content (AvgIpc) is 2.65. The van der Waals surface area contributed by atoms with Crippen molar-refractivity contribution in [1.82, 2.24) is 4.57 Å². The number of ketones is 1. The van der Waals surface area contributed by atoms with Gasteiger partial charge in [-0.1, -0.05) is 18.2 Å². The molecule has 1 aromatic heterocycles. The van der Waals surface area contributed by atoms with E-state index in [2.05, 4.69) is 4.57 Å². The van der Waals surface area contributed by atoms with Crippen molar-refractivity contribution in [3.05, 3.63) is 53.3 Å². The third-order valence-electron chi connectivity index (χ3n) is 3.07. The average molecular weight is 262 g/mol. The van der Waals surface area contributed by atoms with Crippen LogP contribution >= 0.6 is 11.6 Å². The lowest BCUT2D eigenvalue weighted by molar-refractivity contribution is 0.0991. The first-order valence-electron chi connectivity index (χ1n) is 5.95. The number of benzene rings is 1. The summed E-state index contributed by atoms with van der Waals surface area (Å²) < 4.78 is 2.08. The van der Waals surface area contributed by atoms with E-state index in [-0.39, 0.29) is 5.78 Å². The second-order valence-corrected chi connectivity index (χ2v) is 5.09.